The number of fused-ring (bicyclic) bond motifs is 1. The number of amides is 1. The third-order valence-electron chi connectivity index (χ3n) is 5.81. The number of para-hydroxylation sites is 1. The van der Waals surface area contributed by atoms with E-state index in [9.17, 15) is 9.59 Å². The summed E-state index contributed by atoms with van der Waals surface area (Å²) in [4.78, 5) is 31.0. The summed E-state index contributed by atoms with van der Waals surface area (Å²) in [6.07, 6.45) is 5.06. The van der Waals surface area contributed by atoms with E-state index in [0.29, 0.717) is 25.4 Å². The Balaban J connectivity index is 1.25. The fourth-order valence-corrected chi connectivity index (χ4v) is 4.06. The van der Waals surface area contributed by atoms with E-state index >= 15 is 0 Å². The number of benzene rings is 1. The van der Waals surface area contributed by atoms with Gasteiger partial charge >= 0.3 is 0 Å². The van der Waals surface area contributed by atoms with Crippen LogP contribution in [0.1, 0.15) is 23.4 Å². The van der Waals surface area contributed by atoms with Crippen molar-refractivity contribution in [3.63, 3.8) is 0 Å². The van der Waals surface area contributed by atoms with Crippen LogP contribution in [-0.2, 0) is 6.54 Å². The van der Waals surface area contributed by atoms with Crippen molar-refractivity contribution in [1.29, 1.82) is 0 Å². The Morgan fingerprint density at radius 3 is 2.58 bits per heavy atom. The first-order valence-electron chi connectivity index (χ1n) is 10.4. The number of carbonyl (C=O) groups is 1. The number of rotatable bonds is 4. The molecule has 1 saturated heterocycles. The van der Waals surface area contributed by atoms with Gasteiger partial charge in [-0.1, -0.05) is 18.2 Å². The second kappa shape index (κ2) is 8.18. The van der Waals surface area contributed by atoms with Gasteiger partial charge in [0.15, 0.2) is 5.76 Å². The van der Waals surface area contributed by atoms with Gasteiger partial charge in [0, 0.05) is 49.0 Å². The molecule has 4 heterocycles. The van der Waals surface area contributed by atoms with Crippen molar-refractivity contribution in [2.24, 2.45) is 5.92 Å². The molecule has 31 heavy (non-hydrogen) atoms. The summed E-state index contributed by atoms with van der Waals surface area (Å²) in [5.41, 5.74) is 2.29. The molecule has 0 N–H and O–H groups in total. The first kappa shape index (κ1) is 19.2. The van der Waals surface area contributed by atoms with Crippen molar-refractivity contribution in [2.45, 2.75) is 19.4 Å². The number of hydrogen-bond donors (Lipinski definition) is 0. The van der Waals surface area contributed by atoms with E-state index in [-0.39, 0.29) is 17.4 Å². The van der Waals surface area contributed by atoms with Crippen molar-refractivity contribution in [3.8, 4) is 11.3 Å². The molecule has 0 spiro atoms. The molecule has 0 radical (unpaired) electrons. The Bertz CT molecular complexity index is 1240. The van der Waals surface area contributed by atoms with Gasteiger partial charge in [-0.3, -0.25) is 14.6 Å². The smallest absolute Gasteiger partial charge is 0.289 e. The number of aromatic nitrogens is 3. The predicted octanol–water partition coefficient (Wildman–Crippen LogP) is 3.60. The molecule has 1 aliphatic heterocycles. The van der Waals surface area contributed by atoms with E-state index in [1.54, 1.807) is 30.6 Å². The van der Waals surface area contributed by atoms with Gasteiger partial charge in [0.25, 0.3) is 11.5 Å². The molecule has 1 aromatic carbocycles. The maximum absolute atomic E-state index is 12.8. The van der Waals surface area contributed by atoms with Crippen LogP contribution in [0.2, 0.25) is 0 Å². The Morgan fingerprint density at radius 2 is 1.81 bits per heavy atom. The van der Waals surface area contributed by atoms with E-state index in [2.05, 4.69) is 10.1 Å². The number of piperidine rings is 1. The summed E-state index contributed by atoms with van der Waals surface area (Å²) < 4.78 is 7.26. The van der Waals surface area contributed by atoms with E-state index in [1.165, 1.54) is 4.68 Å². The molecule has 1 aliphatic rings. The van der Waals surface area contributed by atoms with Crippen LogP contribution in [0.25, 0.3) is 22.2 Å². The van der Waals surface area contributed by atoms with Crippen LogP contribution < -0.4 is 5.56 Å². The maximum Gasteiger partial charge on any atom is 0.289 e. The van der Waals surface area contributed by atoms with E-state index in [4.69, 9.17) is 4.42 Å². The summed E-state index contributed by atoms with van der Waals surface area (Å²) in [5.74, 6) is 0.588. The second-order valence-corrected chi connectivity index (χ2v) is 7.86. The van der Waals surface area contributed by atoms with Crippen molar-refractivity contribution in [2.75, 3.05) is 13.1 Å². The van der Waals surface area contributed by atoms with Gasteiger partial charge < -0.3 is 9.32 Å². The minimum absolute atomic E-state index is 0.0790. The minimum atomic E-state index is -0.112. The quantitative estimate of drug-likeness (QED) is 0.510. The van der Waals surface area contributed by atoms with E-state index in [1.807, 2.05) is 41.3 Å². The molecule has 7 nitrogen and oxygen atoms in total. The second-order valence-electron chi connectivity index (χ2n) is 7.86. The maximum atomic E-state index is 12.8. The average molecular weight is 414 g/mol. The minimum Gasteiger partial charge on any atom is -0.451 e. The average Bonchev–Trinajstić information content (AvgIpc) is 3.25. The highest BCUT2D eigenvalue weighted by Crippen LogP contribution is 2.24. The van der Waals surface area contributed by atoms with Crippen molar-refractivity contribution in [3.05, 3.63) is 83.1 Å². The Morgan fingerprint density at radius 1 is 1.03 bits per heavy atom. The molecule has 0 bridgehead atoms. The lowest BCUT2D eigenvalue weighted by Gasteiger charge is -2.31. The molecule has 0 unspecified atom stereocenters. The van der Waals surface area contributed by atoms with Gasteiger partial charge in [-0.05, 0) is 49.1 Å². The Labute approximate surface area is 178 Å². The summed E-state index contributed by atoms with van der Waals surface area (Å²) in [7, 11) is 0. The topological polar surface area (TPSA) is 81.2 Å². The van der Waals surface area contributed by atoms with Crippen molar-refractivity contribution < 1.29 is 9.21 Å². The van der Waals surface area contributed by atoms with Gasteiger partial charge in [-0.2, -0.15) is 5.10 Å². The lowest BCUT2D eigenvalue weighted by molar-refractivity contribution is 0.0651. The zero-order chi connectivity index (χ0) is 21.2. The first-order valence-corrected chi connectivity index (χ1v) is 10.4. The zero-order valence-electron chi connectivity index (χ0n) is 17.0. The Hall–Kier alpha value is -3.74. The molecule has 0 atom stereocenters. The Kier molecular flexibility index (Phi) is 5.08. The third kappa shape index (κ3) is 3.99. The molecule has 5 rings (SSSR count). The van der Waals surface area contributed by atoms with E-state index in [0.717, 1.165) is 35.1 Å². The summed E-state index contributed by atoms with van der Waals surface area (Å²) in [6, 6.07) is 16.5. The van der Waals surface area contributed by atoms with Gasteiger partial charge in [-0.25, -0.2) is 4.68 Å². The highest BCUT2D eigenvalue weighted by molar-refractivity contribution is 5.96. The number of carbonyl (C=O) groups excluding carboxylic acids is 1. The third-order valence-corrected chi connectivity index (χ3v) is 5.81. The van der Waals surface area contributed by atoms with E-state index < -0.39 is 0 Å². The fourth-order valence-electron chi connectivity index (χ4n) is 4.06. The lowest BCUT2D eigenvalue weighted by Crippen LogP contribution is -2.40. The van der Waals surface area contributed by atoms with Gasteiger partial charge in [0.1, 0.15) is 5.58 Å². The predicted molar refractivity (Wildman–Crippen MR) is 117 cm³/mol. The summed E-state index contributed by atoms with van der Waals surface area (Å²) >= 11 is 0. The molecule has 0 aliphatic carbocycles. The highest BCUT2D eigenvalue weighted by Gasteiger charge is 2.26. The highest BCUT2D eigenvalue weighted by atomic mass is 16.3. The number of furan rings is 1. The molecular weight excluding hydrogens is 392 g/mol. The van der Waals surface area contributed by atoms with Crippen LogP contribution in [0.4, 0.5) is 0 Å². The summed E-state index contributed by atoms with van der Waals surface area (Å²) in [6.45, 7) is 1.82. The SMILES string of the molecule is O=C(c1cc2ccccc2o1)N1CCC(Cn2nc(-c3ccncc3)ccc2=O)CC1. The molecule has 3 aromatic heterocycles. The standard InChI is InChI=1S/C24H22N4O3/c29-23-6-5-20(18-7-11-25-12-8-18)26-28(23)16-17-9-13-27(14-10-17)24(30)22-15-19-3-1-2-4-21(19)31-22/h1-8,11-12,15,17H,9-10,13-14,16H2. The molecule has 1 amide bonds. The summed E-state index contributed by atoms with van der Waals surface area (Å²) in [5, 5.41) is 5.47. The van der Waals surface area contributed by atoms with Gasteiger partial charge in [0.2, 0.25) is 0 Å². The molecule has 0 saturated carbocycles. The largest absolute Gasteiger partial charge is 0.451 e. The zero-order valence-corrected chi connectivity index (χ0v) is 17.0. The van der Waals surface area contributed by atoms with Crippen LogP contribution in [-0.4, -0.2) is 38.7 Å². The van der Waals surface area contributed by atoms with Gasteiger partial charge in [-0.15, -0.1) is 0 Å². The van der Waals surface area contributed by atoms with Crippen molar-refractivity contribution in [1.82, 2.24) is 19.7 Å². The van der Waals surface area contributed by atoms with Crippen LogP contribution in [0, 0.1) is 5.92 Å². The number of nitrogens with zero attached hydrogens (tertiary/aromatic N) is 4. The van der Waals surface area contributed by atoms with Crippen molar-refractivity contribution >= 4 is 16.9 Å². The lowest BCUT2D eigenvalue weighted by atomic mass is 9.96. The first-order chi connectivity index (χ1) is 15.2. The number of pyridine rings is 1. The molecule has 4 aromatic rings. The monoisotopic (exact) mass is 414 g/mol. The van der Waals surface area contributed by atoms with Crippen LogP contribution in [0.15, 0.2) is 76.2 Å². The number of hydrogen-bond acceptors (Lipinski definition) is 5. The molecule has 1 fully saturated rings. The van der Waals surface area contributed by atoms with Crippen LogP contribution >= 0.6 is 0 Å². The molecule has 7 heteroatoms. The van der Waals surface area contributed by atoms with Gasteiger partial charge in [0.05, 0.1) is 5.69 Å². The normalized spacial score (nSPS) is 14.8. The van der Waals surface area contributed by atoms with Crippen LogP contribution in [0.3, 0.4) is 0 Å². The fraction of sp³-hybridized carbons (Fsp3) is 0.250. The van der Waals surface area contributed by atoms with Crippen LogP contribution in [0.5, 0.6) is 0 Å². The molecular formula is C24H22N4O3. The number of likely N-dealkylation sites (tertiary alicyclic amines) is 1. The molecule has 156 valence electrons.